The first-order valence-electron chi connectivity index (χ1n) is 8.83. The fourth-order valence-corrected chi connectivity index (χ4v) is 3.65. The second kappa shape index (κ2) is 9.37. The van der Waals surface area contributed by atoms with Crippen molar-refractivity contribution < 1.29 is 9.18 Å². The van der Waals surface area contributed by atoms with E-state index in [-0.39, 0.29) is 11.7 Å². The van der Waals surface area contributed by atoms with Crippen molar-refractivity contribution in [1.82, 2.24) is 14.9 Å². The molecule has 6 heteroatoms. The van der Waals surface area contributed by atoms with Gasteiger partial charge >= 0.3 is 0 Å². The van der Waals surface area contributed by atoms with Gasteiger partial charge in [-0.1, -0.05) is 30.3 Å². The Morgan fingerprint density at radius 1 is 1.19 bits per heavy atom. The van der Waals surface area contributed by atoms with Gasteiger partial charge in [0.1, 0.15) is 17.7 Å². The van der Waals surface area contributed by atoms with Gasteiger partial charge in [-0.3, -0.25) is 4.79 Å². The van der Waals surface area contributed by atoms with E-state index < -0.39 is 6.04 Å². The number of carbonyl (C=O) groups excluding carboxylic acids is 1. The second-order valence-corrected chi connectivity index (χ2v) is 7.38. The molecule has 1 amide bonds. The normalized spacial score (nSPS) is 11.9. The van der Waals surface area contributed by atoms with Crippen LogP contribution in [0.1, 0.15) is 30.3 Å². The Morgan fingerprint density at radius 2 is 1.93 bits per heavy atom. The zero-order valence-electron chi connectivity index (χ0n) is 15.1. The van der Waals surface area contributed by atoms with Crippen molar-refractivity contribution in [3.63, 3.8) is 0 Å². The molecule has 3 aromatic rings. The molecule has 2 aromatic carbocycles. The van der Waals surface area contributed by atoms with Gasteiger partial charge in [0.05, 0.1) is 0 Å². The first-order valence-corrected chi connectivity index (χ1v) is 9.82. The van der Waals surface area contributed by atoms with Crippen LogP contribution in [0.3, 0.4) is 0 Å². The lowest BCUT2D eigenvalue weighted by atomic mass is 10.1. The van der Waals surface area contributed by atoms with Crippen molar-refractivity contribution in [3.8, 4) is 0 Å². The summed E-state index contributed by atoms with van der Waals surface area (Å²) in [4.78, 5) is 18.0. The first kappa shape index (κ1) is 19.2. The third-order valence-electron chi connectivity index (χ3n) is 4.19. The highest BCUT2D eigenvalue weighted by Crippen LogP contribution is 2.22. The van der Waals surface area contributed by atoms with Gasteiger partial charge in [0, 0.05) is 30.8 Å². The van der Waals surface area contributed by atoms with Gasteiger partial charge in [-0.25, -0.2) is 9.37 Å². The van der Waals surface area contributed by atoms with Crippen LogP contribution in [0.4, 0.5) is 4.39 Å². The standard InChI is InChI=1S/C21H22FN3OS/c1-25-14-13-23-21(25)20(16-9-11-17(22)12-10-16)24-19(26)8-5-15-27-18-6-3-2-4-7-18/h2-4,6-7,9-14,20H,5,8,15H2,1H3,(H,24,26). The number of nitrogens with zero attached hydrogens (tertiary/aromatic N) is 2. The lowest BCUT2D eigenvalue weighted by Gasteiger charge is -2.19. The Hall–Kier alpha value is -2.60. The molecule has 0 radical (unpaired) electrons. The molecule has 3 rings (SSSR count). The van der Waals surface area contributed by atoms with E-state index in [0.29, 0.717) is 12.2 Å². The summed E-state index contributed by atoms with van der Waals surface area (Å²) in [5.41, 5.74) is 0.803. The fraction of sp³-hybridized carbons (Fsp3) is 0.238. The van der Waals surface area contributed by atoms with Crippen LogP contribution in [-0.2, 0) is 11.8 Å². The van der Waals surface area contributed by atoms with E-state index in [2.05, 4.69) is 22.4 Å². The Balaban J connectivity index is 1.59. The summed E-state index contributed by atoms with van der Waals surface area (Å²) in [6.45, 7) is 0. The zero-order valence-corrected chi connectivity index (χ0v) is 16.0. The molecule has 0 aliphatic carbocycles. The van der Waals surface area contributed by atoms with Crippen molar-refractivity contribution in [2.75, 3.05) is 5.75 Å². The number of nitrogens with one attached hydrogen (secondary N) is 1. The first-order chi connectivity index (χ1) is 13.1. The molecule has 0 saturated carbocycles. The van der Waals surface area contributed by atoms with Crippen LogP contribution in [0.25, 0.3) is 0 Å². The highest BCUT2D eigenvalue weighted by molar-refractivity contribution is 7.99. The molecule has 4 nitrogen and oxygen atoms in total. The molecular formula is C21H22FN3OS. The highest BCUT2D eigenvalue weighted by atomic mass is 32.2. The van der Waals surface area contributed by atoms with Crippen LogP contribution >= 0.6 is 11.8 Å². The molecule has 1 aromatic heterocycles. The molecule has 0 aliphatic rings. The Morgan fingerprint density at radius 3 is 2.59 bits per heavy atom. The zero-order chi connectivity index (χ0) is 19.1. The summed E-state index contributed by atoms with van der Waals surface area (Å²) in [6.07, 6.45) is 4.73. The third-order valence-corrected chi connectivity index (χ3v) is 5.28. The van der Waals surface area contributed by atoms with Crippen LogP contribution in [0.5, 0.6) is 0 Å². The summed E-state index contributed by atoms with van der Waals surface area (Å²) < 4.78 is 15.1. The van der Waals surface area contributed by atoms with Gasteiger partial charge in [-0.2, -0.15) is 0 Å². The fourth-order valence-electron chi connectivity index (χ4n) is 2.78. The maximum absolute atomic E-state index is 13.3. The maximum Gasteiger partial charge on any atom is 0.220 e. The number of halogens is 1. The minimum Gasteiger partial charge on any atom is -0.342 e. The molecule has 1 unspecified atom stereocenters. The van der Waals surface area contributed by atoms with E-state index in [4.69, 9.17) is 0 Å². The van der Waals surface area contributed by atoms with Crippen LogP contribution < -0.4 is 5.32 Å². The lowest BCUT2D eigenvalue weighted by molar-refractivity contribution is -0.121. The number of aryl methyl sites for hydroxylation is 1. The van der Waals surface area contributed by atoms with Crippen molar-refractivity contribution in [2.45, 2.75) is 23.8 Å². The lowest BCUT2D eigenvalue weighted by Crippen LogP contribution is -2.31. The van der Waals surface area contributed by atoms with E-state index in [1.807, 2.05) is 36.0 Å². The van der Waals surface area contributed by atoms with Gasteiger partial charge in [0.25, 0.3) is 0 Å². The van der Waals surface area contributed by atoms with Gasteiger partial charge in [-0.05, 0) is 42.0 Å². The minimum absolute atomic E-state index is 0.0408. The van der Waals surface area contributed by atoms with Crippen LogP contribution in [0.2, 0.25) is 0 Å². The third kappa shape index (κ3) is 5.44. The quantitative estimate of drug-likeness (QED) is 0.465. The molecule has 0 aliphatic heterocycles. The number of hydrogen-bond donors (Lipinski definition) is 1. The predicted octanol–water partition coefficient (Wildman–Crippen LogP) is 4.34. The Labute approximate surface area is 162 Å². The Bertz CT molecular complexity index is 865. The maximum atomic E-state index is 13.3. The molecule has 27 heavy (non-hydrogen) atoms. The summed E-state index contributed by atoms with van der Waals surface area (Å²) in [7, 11) is 1.88. The number of imidazole rings is 1. The van der Waals surface area contributed by atoms with Crippen molar-refractivity contribution in [3.05, 3.63) is 84.2 Å². The monoisotopic (exact) mass is 383 g/mol. The number of thioether (sulfide) groups is 1. The minimum atomic E-state index is -0.403. The molecule has 0 spiro atoms. The van der Waals surface area contributed by atoms with Crippen LogP contribution in [-0.4, -0.2) is 21.2 Å². The Kier molecular flexibility index (Phi) is 6.65. The summed E-state index contributed by atoms with van der Waals surface area (Å²) in [5.74, 6) is 1.25. The van der Waals surface area contributed by atoms with Gasteiger partial charge < -0.3 is 9.88 Å². The van der Waals surface area contributed by atoms with E-state index in [1.54, 1.807) is 30.1 Å². The molecule has 0 bridgehead atoms. The molecule has 0 saturated heterocycles. The summed E-state index contributed by atoms with van der Waals surface area (Å²) in [6, 6.07) is 15.9. The average molecular weight is 383 g/mol. The average Bonchev–Trinajstić information content (AvgIpc) is 3.11. The van der Waals surface area contributed by atoms with Crippen molar-refractivity contribution >= 4 is 17.7 Å². The van der Waals surface area contributed by atoms with Gasteiger partial charge in [-0.15, -0.1) is 11.8 Å². The number of hydrogen-bond acceptors (Lipinski definition) is 3. The predicted molar refractivity (Wildman–Crippen MR) is 106 cm³/mol. The van der Waals surface area contributed by atoms with Crippen LogP contribution in [0.15, 0.2) is 71.9 Å². The highest BCUT2D eigenvalue weighted by Gasteiger charge is 2.20. The topological polar surface area (TPSA) is 46.9 Å². The van der Waals surface area contributed by atoms with E-state index in [0.717, 1.165) is 17.7 Å². The smallest absolute Gasteiger partial charge is 0.220 e. The summed E-state index contributed by atoms with van der Waals surface area (Å²) in [5, 5.41) is 3.04. The largest absolute Gasteiger partial charge is 0.342 e. The molecule has 1 heterocycles. The van der Waals surface area contributed by atoms with E-state index in [9.17, 15) is 9.18 Å². The molecule has 0 fully saturated rings. The molecular weight excluding hydrogens is 361 g/mol. The number of benzene rings is 2. The van der Waals surface area contributed by atoms with Crippen molar-refractivity contribution in [2.24, 2.45) is 7.05 Å². The van der Waals surface area contributed by atoms with E-state index >= 15 is 0 Å². The summed E-state index contributed by atoms with van der Waals surface area (Å²) >= 11 is 1.74. The molecule has 1 N–H and O–H groups in total. The van der Waals surface area contributed by atoms with Crippen LogP contribution in [0, 0.1) is 5.82 Å². The van der Waals surface area contributed by atoms with Gasteiger partial charge in [0.15, 0.2) is 0 Å². The molecule has 140 valence electrons. The number of carbonyl (C=O) groups is 1. The number of aromatic nitrogens is 2. The number of amides is 1. The van der Waals surface area contributed by atoms with Gasteiger partial charge in [0.2, 0.25) is 5.91 Å². The number of rotatable bonds is 8. The van der Waals surface area contributed by atoms with Crippen molar-refractivity contribution in [1.29, 1.82) is 0 Å². The SMILES string of the molecule is Cn1ccnc1C(NC(=O)CCCSc1ccccc1)c1ccc(F)cc1. The second-order valence-electron chi connectivity index (χ2n) is 6.21. The molecule has 1 atom stereocenters. The van der Waals surface area contributed by atoms with E-state index in [1.165, 1.54) is 17.0 Å².